The van der Waals surface area contributed by atoms with Gasteiger partial charge in [-0.05, 0) is 38.0 Å². The maximum Gasteiger partial charge on any atom is 0.210 e. The number of aryl methyl sites for hydroxylation is 1. The fourth-order valence-electron chi connectivity index (χ4n) is 1.37. The fourth-order valence-corrected chi connectivity index (χ4v) is 1.37. The molecule has 4 heteroatoms. The summed E-state index contributed by atoms with van der Waals surface area (Å²) in [7, 11) is 0. The maximum atomic E-state index is 5.40. The van der Waals surface area contributed by atoms with Crippen molar-refractivity contribution in [2.24, 2.45) is 10.8 Å². The lowest BCUT2D eigenvalue weighted by Gasteiger charge is -2.11. The molecule has 0 aliphatic carbocycles. The predicted molar refractivity (Wildman–Crippen MR) is 69.3 cm³/mol. The van der Waals surface area contributed by atoms with E-state index in [-0.39, 0.29) is 6.04 Å². The Hall–Kier alpha value is -1.55. The third-order valence-corrected chi connectivity index (χ3v) is 2.12. The first-order valence-corrected chi connectivity index (χ1v) is 5.56. The van der Waals surface area contributed by atoms with Crippen LogP contribution in [0.3, 0.4) is 0 Å². The summed E-state index contributed by atoms with van der Waals surface area (Å²) in [4.78, 5) is 4.32. The molecule has 0 amide bonds. The smallest absolute Gasteiger partial charge is 0.210 e. The average molecular weight is 220 g/mol. The van der Waals surface area contributed by atoms with E-state index in [1.807, 2.05) is 26.0 Å². The molecular weight excluding hydrogens is 200 g/mol. The number of aliphatic imine (C=N–C) groups is 1. The van der Waals surface area contributed by atoms with Crippen LogP contribution in [0.15, 0.2) is 29.3 Å². The van der Waals surface area contributed by atoms with Gasteiger partial charge in [-0.2, -0.15) is 0 Å². The quantitative estimate of drug-likeness (QED) is 0.315. The number of nitrogens with one attached hydrogen (secondary N) is 2. The van der Waals surface area contributed by atoms with E-state index in [0.717, 1.165) is 12.1 Å². The summed E-state index contributed by atoms with van der Waals surface area (Å²) in [6.07, 6.45) is 1.02. The summed E-state index contributed by atoms with van der Waals surface area (Å²) in [5, 5.41) is 3.15. The third kappa shape index (κ3) is 3.90. The number of rotatable bonds is 3. The second-order valence-electron chi connectivity index (χ2n) is 3.89. The van der Waals surface area contributed by atoms with Crippen LogP contribution >= 0.6 is 0 Å². The molecule has 16 heavy (non-hydrogen) atoms. The van der Waals surface area contributed by atoms with Gasteiger partial charge in [0, 0.05) is 11.7 Å². The number of nitrogens with two attached hydrogens (primary N) is 1. The number of benzene rings is 1. The normalized spacial score (nSPS) is 11.7. The van der Waals surface area contributed by atoms with E-state index in [1.165, 1.54) is 5.56 Å². The van der Waals surface area contributed by atoms with Crippen molar-refractivity contribution in [1.82, 2.24) is 5.43 Å². The van der Waals surface area contributed by atoms with Gasteiger partial charge in [0.15, 0.2) is 0 Å². The van der Waals surface area contributed by atoms with E-state index in [9.17, 15) is 0 Å². The number of guanidine groups is 1. The first-order valence-electron chi connectivity index (χ1n) is 5.56. The van der Waals surface area contributed by atoms with Crippen LogP contribution in [0, 0.1) is 0 Å². The minimum atomic E-state index is 0.202. The molecule has 0 radical (unpaired) electrons. The lowest BCUT2D eigenvalue weighted by Crippen LogP contribution is -2.36. The molecule has 0 saturated carbocycles. The van der Waals surface area contributed by atoms with E-state index >= 15 is 0 Å². The van der Waals surface area contributed by atoms with Gasteiger partial charge in [0.25, 0.3) is 0 Å². The zero-order valence-corrected chi connectivity index (χ0v) is 10.1. The molecule has 0 aliphatic heterocycles. The van der Waals surface area contributed by atoms with Crippen LogP contribution in [0.25, 0.3) is 0 Å². The van der Waals surface area contributed by atoms with E-state index in [4.69, 9.17) is 5.84 Å². The molecule has 0 heterocycles. The lowest BCUT2D eigenvalue weighted by molar-refractivity contribution is 0.819. The van der Waals surface area contributed by atoms with E-state index in [0.29, 0.717) is 5.96 Å². The van der Waals surface area contributed by atoms with Gasteiger partial charge in [0.2, 0.25) is 5.96 Å². The van der Waals surface area contributed by atoms with Gasteiger partial charge >= 0.3 is 0 Å². The van der Waals surface area contributed by atoms with Crippen molar-refractivity contribution in [3.63, 3.8) is 0 Å². The monoisotopic (exact) mass is 220 g/mol. The van der Waals surface area contributed by atoms with Crippen LogP contribution < -0.4 is 16.6 Å². The number of nitrogens with zero attached hydrogens (tertiary/aromatic N) is 1. The van der Waals surface area contributed by atoms with Crippen molar-refractivity contribution in [2.75, 3.05) is 5.32 Å². The molecule has 0 unspecified atom stereocenters. The molecule has 1 aromatic rings. The number of hydrogen-bond acceptors (Lipinski definition) is 2. The molecule has 1 aromatic carbocycles. The Balaban J connectivity index is 2.77. The van der Waals surface area contributed by atoms with Crippen LogP contribution in [-0.4, -0.2) is 12.0 Å². The summed E-state index contributed by atoms with van der Waals surface area (Å²) >= 11 is 0. The standard InChI is InChI=1S/C12H20N4/c1-4-10-6-5-7-11(8-10)15-12(16-13)14-9(2)3/h5-9H,4,13H2,1-3H3,(H2,14,15,16). The second kappa shape index (κ2) is 6.12. The Morgan fingerprint density at radius 1 is 1.44 bits per heavy atom. The molecule has 0 spiro atoms. The van der Waals surface area contributed by atoms with Gasteiger partial charge < -0.3 is 5.32 Å². The molecule has 4 N–H and O–H groups in total. The van der Waals surface area contributed by atoms with Crippen molar-refractivity contribution in [3.8, 4) is 0 Å². The summed E-state index contributed by atoms with van der Waals surface area (Å²) in [5.41, 5.74) is 4.84. The fraction of sp³-hybridized carbons (Fsp3) is 0.417. The van der Waals surface area contributed by atoms with Crippen LogP contribution in [0.4, 0.5) is 5.69 Å². The predicted octanol–water partition coefficient (Wildman–Crippen LogP) is 1.89. The van der Waals surface area contributed by atoms with Gasteiger partial charge in [-0.3, -0.25) is 5.43 Å². The summed E-state index contributed by atoms with van der Waals surface area (Å²) in [5.74, 6) is 5.98. The number of anilines is 1. The highest BCUT2D eigenvalue weighted by molar-refractivity contribution is 5.93. The van der Waals surface area contributed by atoms with E-state index in [1.54, 1.807) is 0 Å². The zero-order chi connectivity index (χ0) is 12.0. The Kier molecular flexibility index (Phi) is 4.79. The number of hydrogen-bond donors (Lipinski definition) is 3. The van der Waals surface area contributed by atoms with Crippen LogP contribution in [-0.2, 0) is 6.42 Å². The minimum Gasteiger partial charge on any atom is -0.325 e. The summed E-state index contributed by atoms with van der Waals surface area (Å²) in [6, 6.07) is 8.40. The Bertz CT molecular complexity index is 358. The van der Waals surface area contributed by atoms with Gasteiger partial charge in [-0.15, -0.1) is 0 Å². The third-order valence-electron chi connectivity index (χ3n) is 2.12. The maximum absolute atomic E-state index is 5.40. The SMILES string of the molecule is CCc1cccc(NC(=NC(C)C)NN)c1. The van der Waals surface area contributed by atoms with Crippen molar-refractivity contribution >= 4 is 11.6 Å². The molecule has 1 rings (SSSR count). The highest BCUT2D eigenvalue weighted by atomic mass is 15.3. The minimum absolute atomic E-state index is 0.202. The molecule has 0 atom stereocenters. The molecule has 4 nitrogen and oxygen atoms in total. The molecule has 0 aliphatic rings. The zero-order valence-electron chi connectivity index (χ0n) is 10.1. The largest absolute Gasteiger partial charge is 0.325 e. The lowest BCUT2D eigenvalue weighted by atomic mass is 10.1. The Morgan fingerprint density at radius 3 is 2.75 bits per heavy atom. The Labute approximate surface area is 96.9 Å². The van der Waals surface area contributed by atoms with Crippen molar-refractivity contribution in [3.05, 3.63) is 29.8 Å². The molecule has 0 saturated heterocycles. The summed E-state index contributed by atoms with van der Waals surface area (Å²) < 4.78 is 0. The van der Waals surface area contributed by atoms with Crippen molar-refractivity contribution < 1.29 is 0 Å². The van der Waals surface area contributed by atoms with E-state index < -0.39 is 0 Å². The van der Waals surface area contributed by atoms with Crippen LogP contribution in [0.5, 0.6) is 0 Å². The molecule has 0 fully saturated rings. The molecule has 0 aromatic heterocycles. The second-order valence-corrected chi connectivity index (χ2v) is 3.89. The first kappa shape index (κ1) is 12.5. The topological polar surface area (TPSA) is 62.4 Å². The molecule has 88 valence electrons. The molecular formula is C12H20N4. The van der Waals surface area contributed by atoms with Crippen molar-refractivity contribution in [2.45, 2.75) is 33.2 Å². The van der Waals surface area contributed by atoms with Crippen LogP contribution in [0.1, 0.15) is 26.3 Å². The highest BCUT2D eigenvalue weighted by Gasteiger charge is 1.99. The molecule has 0 bridgehead atoms. The van der Waals surface area contributed by atoms with Gasteiger partial charge in [0.1, 0.15) is 0 Å². The van der Waals surface area contributed by atoms with Gasteiger partial charge in [0.05, 0.1) is 0 Å². The summed E-state index contributed by atoms with van der Waals surface area (Å²) in [6.45, 7) is 6.13. The van der Waals surface area contributed by atoms with Crippen LogP contribution in [0.2, 0.25) is 0 Å². The van der Waals surface area contributed by atoms with Crippen molar-refractivity contribution in [1.29, 1.82) is 0 Å². The average Bonchev–Trinajstić information content (AvgIpc) is 2.28. The van der Waals surface area contributed by atoms with E-state index in [2.05, 4.69) is 34.8 Å². The number of hydrazine groups is 1. The van der Waals surface area contributed by atoms with Gasteiger partial charge in [-0.25, -0.2) is 10.8 Å². The highest BCUT2D eigenvalue weighted by Crippen LogP contribution is 2.10. The Morgan fingerprint density at radius 2 is 2.19 bits per heavy atom. The van der Waals surface area contributed by atoms with Gasteiger partial charge in [-0.1, -0.05) is 19.1 Å². The first-order chi connectivity index (χ1) is 7.65.